The Morgan fingerprint density at radius 1 is 1.22 bits per heavy atom. The fourth-order valence-corrected chi connectivity index (χ4v) is 2.90. The molecule has 0 bridgehead atoms. The van der Waals surface area contributed by atoms with Crippen LogP contribution in [0.15, 0.2) is 5.57 Å². The van der Waals surface area contributed by atoms with E-state index in [1.54, 1.807) is 7.11 Å². The number of benzene rings is 1. The van der Waals surface area contributed by atoms with Crippen LogP contribution in [0, 0.1) is 13.8 Å². The van der Waals surface area contributed by atoms with Gasteiger partial charge in [0.05, 0.1) is 6.61 Å². The standard InChI is InChI=1S/C16H22O2/c1-9-8-14-11(3)13(6-7-18-5)12(4)16(17)15(14)10(9)2/h8,10,17H,6-7H2,1-5H3/t10-/m0/s1. The van der Waals surface area contributed by atoms with E-state index in [1.165, 1.54) is 22.3 Å². The van der Waals surface area contributed by atoms with Gasteiger partial charge in [0.2, 0.25) is 0 Å². The molecule has 1 aromatic rings. The number of hydrogen-bond donors (Lipinski definition) is 1. The molecular formula is C16H22O2. The number of aromatic hydroxyl groups is 1. The fraction of sp³-hybridized carbons (Fsp3) is 0.500. The zero-order valence-corrected chi connectivity index (χ0v) is 11.9. The van der Waals surface area contributed by atoms with E-state index in [0.717, 1.165) is 17.5 Å². The summed E-state index contributed by atoms with van der Waals surface area (Å²) in [5, 5.41) is 10.4. The summed E-state index contributed by atoms with van der Waals surface area (Å²) in [7, 11) is 1.71. The molecule has 1 aliphatic rings. The van der Waals surface area contributed by atoms with Gasteiger partial charge in [-0.3, -0.25) is 0 Å². The van der Waals surface area contributed by atoms with E-state index in [-0.39, 0.29) is 0 Å². The zero-order chi connectivity index (χ0) is 13.4. The molecule has 18 heavy (non-hydrogen) atoms. The van der Waals surface area contributed by atoms with Crippen molar-refractivity contribution in [2.75, 3.05) is 13.7 Å². The lowest BCUT2D eigenvalue weighted by Crippen LogP contribution is -2.04. The molecule has 0 fully saturated rings. The van der Waals surface area contributed by atoms with Gasteiger partial charge in [-0.15, -0.1) is 0 Å². The molecule has 0 aliphatic heterocycles. The minimum atomic E-state index is 0.328. The molecule has 0 saturated heterocycles. The van der Waals surface area contributed by atoms with Crippen molar-refractivity contribution in [1.82, 2.24) is 0 Å². The molecule has 0 spiro atoms. The number of phenolic OH excluding ortho intramolecular Hbond substituents is 1. The second kappa shape index (κ2) is 4.77. The van der Waals surface area contributed by atoms with E-state index in [4.69, 9.17) is 4.74 Å². The average molecular weight is 246 g/mol. The third kappa shape index (κ3) is 1.85. The van der Waals surface area contributed by atoms with Gasteiger partial charge in [0, 0.05) is 18.6 Å². The van der Waals surface area contributed by atoms with Gasteiger partial charge in [0.15, 0.2) is 0 Å². The second-order valence-corrected chi connectivity index (χ2v) is 5.26. The Bertz CT molecular complexity index is 513. The molecule has 0 radical (unpaired) electrons. The van der Waals surface area contributed by atoms with Crippen LogP contribution in [0.3, 0.4) is 0 Å². The van der Waals surface area contributed by atoms with Gasteiger partial charge >= 0.3 is 0 Å². The van der Waals surface area contributed by atoms with Crippen molar-refractivity contribution in [3.8, 4) is 5.75 Å². The summed E-state index contributed by atoms with van der Waals surface area (Å²) in [5.41, 5.74) is 7.18. The lowest BCUT2D eigenvalue weighted by atomic mass is 9.88. The van der Waals surface area contributed by atoms with Crippen LogP contribution < -0.4 is 0 Å². The van der Waals surface area contributed by atoms with E-state index >= 15 is 0 Å². The van der Waals surface area contributed by atoms with Gasteiger partial charge in [0.25, 0.3) is 0 Å². The minimum absolute atomic E-state index is 0.328. The Kier molecular flexibility index (Phi) is 3.49. The number of phenols is 1. The summed E-state index contributed by atoms with van der Waals surface area (Å²) in [6.07, 6.45) is 3.07. The normalized spacial score (nSPS) is 17.8. The van der Waals surface area contributed by atoms with Crippen molar-refractivity contribution in [2.24, 2.45) is 0 Å². The fourth-order valence-electron chi connectivity index (χ4n) is 2.90. The van der Waals surface area contributed by atoms with E-state index in [1.807, 2.05) is 6.92 Å². The predicted molar refractivity (Wildman–Crippen MR) is 75.2 cm³/mol. The quantitative estimate of drug-likeness (QED) is 0.880. The molecule has 2 heteroatoms. The van der Waals surface area contributed by atoms with Crippen molar-refractivity contribution >= 4 is 6.08 Å². The lowest BCUT2D eigenvalue weighted by Gasteiger charge is -2.19. The van der Waals surface area contributed by atoms with Crippen LogP contribution in [0.5, 0.6) is 5.75 Å². The monoisotopic (exact) mass is 246 g/mol. The smallest absolute Gasteiger partial charge is 0.123 e. The van der Waals surface area contributed by atoms with Crippen LogP contribution in [-0.4, -0.2) is 18.8 Å². The van der Waals surface area contributed by atoms with Crippen LogP contribution in [-0.2, 0) is 11.2 Å². The van der Waals surface area contributed by atoms with E-state index in [9.17, 15) is 5.11 Å². The Labute approximate surface area is 109 Å². The second-order valence-electron chi connectivity index (χ2n) is 5.26. The molecule has 98 valence electrons. The van der Waals surface area contributed by atoms with E-state index < -0.39 is 0 Å². The zero-order valence-electron chi connectivity index (χ0n) is 11.9. The van der Waals surface area contributed by atoms with Crippen molar-refractivity contribution < 1.29 is 9.84 Å². The van der Waals surface area contributed by atoms with Gasteiger partial charge in [-0.05, 0) is 49.4 Å². The van der Waals surface area contributed by atoms with Crippen molar-refractivity contribution in [3.63, 3.8) is 0 Å². The number of hydrogen-bond acceptors (Lipinski definition) is 2. The molecule has 1 N–H and O–H groups in total. The molecule has 0 amide bonds. The average Bonchev–Trinajstić information content (AvgIpc) is 2.64. The molecule has 1 aliphatic carbocycles. The van der Waals surface area contributed by atoms with Crippen molar-refractivity contribution in [3.05, 3.63) is 33.4 Å². The molecular weight excluding hydrogens is 224 g/mol. The number of fused-ring (bicyclic) bond motifs is 1. The van der Waals surface area contributed by atoms with Crippen LogP contribution >= 0.6 is 0 Å². The van der Waals surface area contributed by atoms with Crippen molar-refractivity contribution in [1.29, 1.82) is 0 Å². The molecule has 2 rings (SSSR count). The third-order valence-corrected chi connectivity index (χ3v) is 4.25. The molecule has 0 unspecified atom stereocenters. The first kappa shape index (κ1) is 13.2. The highest BCUT2D eigenvalue weighted by Gasteiger charge is 2.26. The third-order valence-electron chi connectivity index (χ3n) is 4.25. The largest absolute Gasteiger partial charge is 0.507 e. The molecule has 0 aromatic heterocycles. The summed E-state index contributed by atoms with van der Waals surface area (Å²) in [6.45, 7) is 9.14. The van der Waals surface area contributed by atoms with Gasteiger partial charge in [0.1, 0.15) is 5.75 Å². The summed E-state index contributed by atoms with van der Waals surface area (Å²) < 4.78 is 5.16. The Balaban J connectivity index is 2.60. The van der Waals surface area contributed by atoms with E-state index in [2.05, 4.69) is 26.8 Å². The molecule has 2 nitrogen and oxygen atoms in total. The predicted octanol–water partition coefficient (Wildman–Crippen LogP) is 3.72. The van der Waals surface area contributed by atoms with E-state index in [0.29, 0.717) is 18.3 Å². The van der Waals surface area contributed by atoms with Gasteiger partial charge in [-0.25, -0.2) is 0 Å². The molecule has 1 atom stereocenters. The van der Waals surface area contributed by atoms with Crippen LogP contribution in [0.4, 0.5) is 0 Å². The van der Waals surface area contributed by atoms with Gasteiger partial charge in [-0.2, -0.15) is 0 Å². The maximum Gasteiger partial charge on any atom is 0.123 e. The first-order chi connectivity index (χ1) is 8.49. The van der Waals surface area contributed by atoms with Crippen LogP contribution in [0.2, 0.25) is 0 Å². The molecule has 0 heterocycles. The highest BCUT2D eigenvalue weighted by molar-refractivity contribution is 5.74. The van der Waals surface area contributed by atoms with Gasteiger partial charge in [-0.1, -0.05) is 18.6 Å². The van der Waals surface area contributed by atoms with Crippen molar-refractivity contribution in [2.45, 2.75) is 40.0 Å². The highest BCUT2D eigenvalue weighted by atomic mass is 16.5. The molecule has 1 aromatic carbocycles. The summed E-state index contributed by atoms with van der Waals surface area (Å²) in [5.74, 6) is 0.802. The highest BCUT2D eigenvalue weighted by Crippen LogP contribution is 2.45. The lowest BCUT2D eigenvalue weighted by molar-refractivity contribution is 0.202. The Hall–Kier alpha value is -1.28. The number of methoxy groups -OCH3 is 1. The number of rotatable bonds is 3. The number of allylic oxidation sites excluding steroid dienone is 1. The maximum absolute atomic E-state index is 10.4. The van der Waals surface area contributed by atoms with Gasteiger partial charge < -0.3 is 9.84 Å². The van der Waals surface area contributed by atoms with Crippen LogP contribution in [0.25, 0.3) is 6.08 Å². The first-order valence-electron chi connectivity index (χ1n) is 6.51. The number of ether oxygens (including phenoxy) is 1. The van der Waals surface area contributed by atoms with Crippen LogP contribution in [0.1, 0.15) is 47.6 Å². The maximum atomic E-state index is 10.4. The Morgan fingerprint density at radius 3 is 2.50 bits per heavy atom. The minimum Gasteiger partial charge on any atom is -0.507 e. The SMILES string of the molecule is COCCc1c(C)c(O)c2c(c1C)C=C(C)[C@@H]2C. The Morgan fingerprint density at radius 2 is 1.89 bits per heavy atom. The summed E-state index contributed by atoms with van der Waals surface area (Å²) in [4.78, 5) is 0. The first-order valence-corrected chi connectivity index (χ1v) is 6.51. The summed E-state index contributed by atoms with van der Waals surface area (Å²) >= 11 is 0. The topological polar surface area (TPSA) is 29.5 Å². The molecule has 0 saturated carbocycles. The summed E-state index contributed by atoms with van der Waals surface area (Å²) in [6, 6.07) is 0.